The van der Waals surface area contributed by atoms with Crippen molar-refractivity contribution < 1.29 is 18.3 Å². The first-order valence-electron chi connectivity index (χ1n) is 9.10. The third-order valence-electron chi connectivity index (χ3n) is 4.09. The van der Waals surface area contributed by atoms with E-state index in [1.165, 1.54) is 42.1 Å². The van der Waals surface area contributed by atoms with Crippen molar-refractivity contribution in [3.8, 4) is 5.75 Å². The number of hydrogen-bond donors (Lipinski definition) is 1. The summed E-state index contributed by atoms with van der Waals surface area (Å²) in [7, 11) is 0. The Balaban J connectivity index is 1.62. The van der Waals surface area contributed by atoms with Crippen molar-refractivity contribution in [2.24, 2.45) is 0 Å². The SMILES string of the molecule is CCn1c(SCC(=O)Nc2ccc(F)c(Cl)c2)nnc1C(C)Oc1ccc(F)cc1. The zero-order chi connectivity index (χ0) is 21.7. The average Bonchev–Trinajstić information content (AvgIpc) is 3.14. The van der Waals surface area contributed by atoms with E-state index < -0.39 is 11.9 Å². The molecule has 30 heavy (non-hydrogen) atoms. The summed E-state index contributed by atoms with van der Waals surface area (Å²) >= 11 is 6.94. The van der Waals surface area contributed by atoms with E-state index in [2.05, 4.69) is 15.5 Å². The Kier molecular flexibility index (Phi) is 7.28. The molecule has 0 spiro atoms. The zero-order valence-electron chi connectivity index (χ0n) is 16.2. The van der Waals surface area contributed by atoms with Gasteiger partial charge in [-0.05, 0) is 56.3 Å². The van der Waals surface area contributed by atoms with Gasteiger partial charge in [-0.3, -0.25) is 4.79 Å². The molecule has 6 nitrogen and oxygen atoms in total. The lowest BCUT2D eigenvalue weighted by atomic mass is 10.3. The lowest BCUT2D eigenvalue weighted by Gasteiger charge is -2.15. The third kappa shape index (κ3) is 5.48. The van der Waals surface area contributed by atoms with Gasteiger partial charge in [0.25, 0.3) is 0 Å². The number of benzene rings is 2. The zero-order valence-corrected chi connectivity index (χ0v) is 17.8. The van der Waals surface area contributed by atoms with Gasteiger partial charge >= 0.3 is 0 Å². The van der Waals surface area contributed by atoms with Crippen LogP contribution in [0.15, 0.2) is 47.6 Å². The van der Waals surface area contributed by atoms with Crippen LogP contribution >= 0.6 is 23.4 Å². The molecule has 1 heterocycles. The normalized spacial score (nSPS) is 11.9. The average molecular weight is 453 g/mol. The van der Waals surface area contributed by atoms with Gasteiger partial charge in [0.1, 0.15) is 17.4 Å². The number of nitrogens with one attached hydrogen (secondary N) is 1. The molecule has 0 fully saturated rings. The lowest BCUT2D eigenvalue weighted by molar-refractivity contribution is -0.113. The van der Waals surface area contributed by atoms with Gasteiger partial charge in [-0.25, -0.2) is 8.78 Å². The molecule has 158 valence electrons. The van der Waals surface area contributed by atoms with E-state index in [4.69, 9.17) is 16.3 Å². The van der Waals surface area contributed by atoms with E-state index in [0.717, 1.165) is 0 Å². The molecule has 0 aliphatic rings. The number of thioether (sulfide) groups is 1. The highest BCUT2D eigenvalue weighted by atomic mass is 35.5. The Bertz CT molecular complexity index is 1030. The number of ether oxygens (including phenoxy) is 1. The van der Waals surface area contributed by atoms with Crippen LogP contribution in [-0.2, 0) is 11.3 Å². The molecule has 0 radical (unpaired) electrons. The van der Waals surface area contributed by atoms with Crippen molar-refractivity contribution >= 4 is 35.0 Å². The van der Waals surface area contributed by atoms with Crippen LogP contribution in [0, 0.1) is 11.6 Å². The summed E-state index contributed by atoms with van der Waals surface area (Å²) < 4.78 is 33.9. The number of anilines is 1. The molecule has 0 aliphatic carbocycles. The summed E-state index contributed by atoms with van der Waals surface area (Å²) in [6.07, 6.45) is -0.424. The number of amides is 1. The fourth-order valence-electron chi connectivity index (χ4n) is 2.68. The predicted molar refractivity (Wildman–Crippen MR) is 112 cm³/mol. The topological polar surface area (TPSA) is 69.0 Å². The van der Waals surface area contributed by atoms with Crippen LogP contribution in [0.4, 0.5) is 14.5 Å². The van der Waals surface area contributed by atoms with Crippen LogP contribution in [-0.4, -0.2) is 26.4 Å². The van der Waals surface area contributed by atoms with E-state index in [-0.39, 0.29) is 22.5 Å². The van der Waals surface area contributed by atoms with Crippen LogP contribution in [0.5, 0.6) is 5.75 Å². The first kappa shape index (κ1) is 22.0. The minimum Gasteiger partial charge on any atom is -0.483 e. The minimum atomic E-state index is -0.551. The highest BCUT2D eigenvalue weighted by Crippen LogP contribution is 2.25. The molecule has 3 rings (SSSR count). The number of aromatic nitrogens is 3. The number of carbonyl (C=O) groups excluding carboxylic acids is 1. The third-order valence-corrected chi connectivity index (χ3v) is 5.34. The monoisotopic (exact) mass is 452 g/mol. The van der Waals surface area contributed by atoms with Crippen molar-refractivity contribution in [1.29, 1.82) is 0 Å². The summed E-state index contributed by atoms with van der Waals surface area (Å²) in [4.78, 5) is 12.2. The Morgan fingerprint density at radius 1 is 1.23 bits per heavy atom. The van der Waals surface area contributed by atoms with Gasteiger partial charge in [-0.15, -0.1) is 10.2 Å². The van der Waals surface area contributed by atoms with Crippen molar-refractivity contribution in [1.82, 2.24) is 14.8 Å². The van der Waals surface area contributed by atoms with E-state index in [1.54, 1.807) is 12.1 Å². The molecule has 0 bridgehead atoms. The standard InChI is InChI=1S/C20H19ClF2N4O2S/c1-3-27-19(12(2)29-15-7-4-13(22)5-8-15)25-26-20(27)30-11-18(28)24-14-6-9-17(23)16(21)10-14/h4-10,12H,3,11H2,1-2H3,(H,24,28). The summed E-state index contributed by atoms with van der Waals surface area (Å²) in [6, 6.07) is 9.70. The number of hydrogen-bond acceptors (Lipinski definition) is 5. The maximum absolute atomic E-state index is 13.2. The van der Waals surface area contributed by atoms with E-state index in [0.29, 0.717) is 29.0 Å². The maximum Gasteiger partial charge on any atom is 0.234 e. The van der Waals surface area contributed by atoms with E-state index in [9.17, 15) is 13.6 Å². The van der Waals surface area contributed by atoms with Crippen LogP contribution in [0.1, 0.15) is 25.8 Å². The molecule has 1 N–H and O–H groups in total. The van der Waals surface area contributed by atoms with Gasteiger partial charge in [0, 0.05) is 12.2 Å². The quantitative estimate of drug-likeness (QED) is 0.481. The van der Waals surface area contributed by atoms with Crippen LogP contribution < -0.4 is 10.1 Å². The second-order valence-corrected chi connectivity index (χ2v) is 7.61. The molecule has 0 saturated heterocycles. The van der Waals surface area contributed by atoms with E-state index >= 15 is 0 Å². The Labute approximate surface area is 181 Å². The smallest absolute Gasteiger partial charge is 0.234 e. The molecule has 1 unspecified atom stereocenters. The highest BCUT2D eigenvalue weighted by molar-refractivity contribution is 7.99. The van der Waals surface area contributed by atoms with E-state index in [1.807, 2.05) is 18.4 Å². The molecule has 1 atom stereocenters. The van der Waals surface area contributed by atoms with Gasteiger partial charge in [0.05, 0.1) is 10.8 Å². The minimum absolute atomic E-state index is 0.0639. The summed E-state index contributed by atoms with van der Waals surface area (Å²) in [5.74, 6) is 0.0122. The molecule has 2 aromatic carbocycles. The second-order valence-electron chi connectivity index (χ2n) is 6.26. The van der Waals surface area contributed by atoms with Crippen molar-refractivity contribution in [3.05, 3.63) is 64.9 Å². The van der Waals surface area contributed by atoms with Gasteiger partial charge in [-0.1, -0.05) is 23.4 Å². The number of carbonyl (C=O) groups is 1. The number of halogens is 3. The number of rotatable bonds is 8. The van der Waals surface area contributed by atoms with Crippen molar-refractivity contribution in [2.45, 2.75) is 31.7 Å². The first-order valence-corrected chi connectivity index (χ1v) is 10.5. The van der Waals surface area contributed by atoms with Gasteiger partial charge < -0.3 is 14.6 Å². The van der Waals surface area contributed by atoms with Gasteiger partial charge in [0.15, 0.2) is 17.1 Å². The van der Waals surface area contributed by atoms with Gasteiger partial charge in [-0.2, -0.15) is 0 Å². The predicted octanol–water partition coefficient (Wildman–Crippen LogP) is 5.10. The molecule has 0 saturated carbocycles. The van der Waals surface area contributed by atoms with Crippen LogP contribution in [0.25, 0.3) is 0 Å². The van der Waals surface area contributed by atoms with Crippen LogP contribution in [0.3, 0.4) is 0 Å². The first-order chi connectivity index (χ1) is 14.4. The Hall–Kier alpha value is -2.65. The highest BCUT2D eigenvalue weighted by Gasteiger charge is 2.19. The molecule has 3 aromatic rings. The molecule has 1 amide bonds. The Morgan fingerprint density at radius 3 is 2.63 bits per heavy atom. The fraction of sp³-hybridized carbons (Fsp3) is 0.250. The molecular weight excluding hydrogens is 434 g/mol. The van der Waals surface area contributed by atoms with Crippen LogP contribution in [0.2, 0.25) is 5.02 Å². The largest absolute Gasteiger partial charge is 0.483 e. The van der Waals surface area contributed by atoms with Gasteiger partial charge in [0.2, 0.25) is 5.91 Å². The fourth-order valence-corrected chi connectivity index (χ4v) is 3.67. The summed E-state index contributed by atoms with van der Waals surface area (Å²) in [6.45, 7) is 4.33. The summed E-state index contributed by atoms with van der Waals surface area (Å²) in [5, 5.41) is 11.5. The maximum atomic E-state index is 13.2. The van der Waals surface area contributed by atoms with Crippen molar-refractivity contribution in [2.75, 3.05) is 11.1 Å². The second kappa shape index (κ2) is 9.90. The molecule has 10 heteroatoms. The Morgan fingerprint density at radius 2 is 1.97 bits per heavy atom. The molecule has 0 aliphatic heterocycles. The summed E-state index contributed by atoms with van der Waals surface area (Å²) in [5.41, 5.74) is 0.408. The lowest BCUT2D eigenvalue weighted by Crippen LogP contribution is -2.15. The number of nitrogens with zero attached hydrogens (tertiary/aromatic N) is 3. The molecular formula is C20H19ClF2N4O2S. The van der Waals surface area contributed by atoms with Crippen molar-refractivity contribution in [3.63, 3.8) is 0 Å². The molecule has 1 aromatic heterocycles.